The molecular formula is C16H18O2. The molecular weight excluding hydrogens is 224 g/mol. The van der Waals surface area contributed by atoms with Crippen molar-refractivity contribution in [1.29, 1.82) is 0 Å². The Labute approximate surface area is 108 Å². The molecule has 0 aliphatic carbocycles. The molecule has 0 amide bonds. The van der Waals surface area contributed by atoms with Crippen molar-refractivity contribution in [2.24, 2.45) is 0 Å². The minimum Gasteiger partial charge on any atom is -0.251 e. The van der Waals surface area contributed by atoms with Gasteiger partial charge in [0.2, 0.25) is 0 Å². The molecule has 2 heteroatoms. The Balaban J connectivity index is 1.84. The predicted octanol–water partition coefficient (Wildman–Crippen LogP) is 3.85. The van der Waals surface area contributed by atoms with Gasteiger partial charge in [0.15, 0.2) is 0 Å². The largest absolute Gasteiger partial charge is 0.251 e. The third kappa shape index (κ3) is 3.99. The van der Waals surface area contributed by atoms with Crippen molar-refractivity contribution in [3.8, 4) is 0 Å². The molecule has 2 nitrogen and oxygen atoms in total. The lowest BCUT2D eigenvalue weighted by molar-refractivity contribution is -0.253. The van der Waals surface area contributed by atoms with Crippen molar-refractivity contribution in [1.82, 2.24) is 0 Å². The van der Waals surface area contributed by atoms with E-state index in [1.165, 1.54) is 11.1 Å². The summed E-state index contributed by atoms with van der Waals surface area (Å²) < 4.78 is 0. The fourth-order valence-electron chi connectivity index (χ4n) is 2.09. The van der Waals surface area contributed by atoms with Crippen LogP contribution in [-0.2, 0) is 24.3 Å². The van der Waals surface area contributed by atoms with Crippen molar-refractivity contribution >= 4 is 0 Å². The first-order valence-electron chi connectivity index (χ1n) is 6.26. The van der Waals surface area contributed by atoms with E-state index in [1.54, 1.807) is 0 Å². The van der Waals surface area contributed by atoms with Gasteiger partial charge in [0.25, 0.3) is 0 Å². The van der Waals surface area contributed by atoms with E-state index in [1.807, 2.05) is 18.2 Å². The molecule has 2 aromatic rings. The number of aryl methyl sites for hydroxylation is 2. The molecule has 0 heterocycles. The Bertz CT molecular complexity index is 466. The van der Waals surface area contributed by atoms with E-state index in [0.717, 1.165) is 24.8 Å². The maximum atomic E-state index is 8.44. The van der Waals surface area contributed by atoms with Crippen LogP contribution in [0.3, 0.4) is 0 Å². The van der Waals surface area contributed by atoms with Gasteiger partial charge in [-0.1, -0.05) is 54.6 Å². The lowest BCUT2D eigenvalue weighted by Crippen LogP contribution is -1.93. The van der Waals surface area contributed by atoms with Gasteiger partial charge in [-0.3, -0.25) is 5.26 Å². The van der Waals surface area contributed by atoms with Gasteiger partial charge in [-0.15, -0.1) is 0 Å². The summed E-state index contributed by atoms with van der Waals surface area (Å²) in [6, 6.07) is 18.7. The van der Waals surface area contributed by atoms with Gasteiger partial charge in [-0.25, -0.2) is 4.89 Å². The molecule has 0 unspecified atom stereocenters. The molecule has 0 aliphatic rings. The maximum absolute atomic E-state index is 8.44. The first-order chi connectivity index (χ1) is 8.88. The topological polar surface area (TPSA) is 29.5 Å². The molecule has 0 atom stereocenters. The quantitative estimate of drug-likeness (QED) is 0.616. The minimum absolute atomic E-state index is 0.256. The molecule has 94 valence electrons. The van der Waals surface area contributed by atoms with Crippen LogP contribution in [0.5, 0.6) is 0 Å². The van der Waals surface area contributed by atoms with Gasteiger partial charge >= 0.3 is 0 Å². The van der Waals surface area contributed by atoms with Gasteiger partial charge in [0.05, 0.1) is 0 Å². The summed E-state index contributed by atoms with van der Waals surface area (Å²) in [5, 5.41) is 8.44. The summed E-state index contributed by atoms with van der Waals surface area (Å²) in [5.41, 5.74) is 3.68. The summed E-state index contributed by atoms with van der Waals surface area (Å²) in [6.45, 7) is 0.256. The Morgan fingerprint density at radius 1 is 0.778 bits per heavy atom. The monoisotopic (exact) mass is 242 g/mol. The molecule has 2 aromatic carbocycles. The van der Waals surface area contributed by atoms with Gasteiger partial charge < -0.3 is 0 Å². The van der Waals surface area contributed by atoms with Crippen LogP contribution in [0, 0.1) is 0 Å². The van der Waals surface area contributed by atoms with Crippen LogP contribution in [0.2, 0.25) is 0 Å². The van der Waals surface area contributed by atoms with Crippen molar-refractivity contribution in [3.63, 3.8) is 0 Å². The van der Waals surface area contributed by atoms with Crippen LogP contribution in [0.15, 0.2) is 54.6 Å². The summed E-state index contributed by atoms with van der Waals surface area (Å²) >= 11 is 0. The van der Waals surface area contributed by atoms with E-state index in [-0.39, 0.29) is 6.61 Å². The summed E-state index contributed by atoms with van der Waals surface area (Å²) in [5.74, 6) is 0. The predicted molar refractivity (Wildman–Crippen MR) is 72.3 cm³/mol. The number of hydrogen-bond donors (Lipinski definition) is 1. The van der Waals surface area contributed by atoms with Crippen LogP contribution in [-0.4, -0.2) is 5.26 Å². The van der Waals surface area contributed by atoms with Crippen molar-refractivity contribution < 1.29 is 10.1 Å². The van der Waals surface area contributed by atoms with E-state index in [0.29, 0.717) is 0 Å². The van der Waals surface area contributed by atoms with Crippen LogP contribution in [0.1, 0.15) is 23.1 Å². The van der Waals surface area contributed by atoms with Gasteiger partial charge in [-0.05, 0) is 36.0 Å². The normalized spacial score (nSPS) is 10.5. The fraction of sp³-hybridized carbons (Fsp3) is 0.250. The van der Waals surface area contributed by atoms with E-state index in [4.69, 9.17) is 5.26 Å². The van der Waals surface area contributed by atoms with Crippen LogP contribution in [0.25, 0.3) is 0 Å². The van der Waals surface area contributed by atoms with E-state index >= 15 is 0 Å². The molecule has 2 rings (SSSR count). The van der Waals surface area contributed by atoms with Crippen molar-refractivity contribution in [2.45, 2.75) is 25.9 Å². The average Bonchev–Trinajstić information content (AvgIpc) is 2.41. The highest BCUT2D eigenvalue weighted by molar-refractivity contribution is 5.23. The first kappa shape index (κ1) is 12.8. The lowest BCUT2D eigenvalue weighted by Gasteiger charge is -2.04. The molecule has 0 saturated carbocycles. The van der Waals surface area contributed by atoms with Crippen molar-refractivity contribution in [2.75, 3.05) is 0 Å². The highest BCUT2D eigenvalue weighted by atomic mass is 17.1. The number of rotatable bonds is 6. The highest BCUT2D eigenvalue weighted by Crippen LogP contribution is 2.11. The van der Waals surface area contributed by atoms with Crippen molar-refractivity contribution in [3.05, 3.63) is 71.3 Å². The highest BCUT2D eigenvalue weighted by Gasteiger charge is 1.98. The first-order valence-corrected chi connectivity index (χ1v) is 6.26. The molecule has 1 N–H and O–H groups in total. The SMILES string of the molecule is OOCc1cccc(CCCc2ccccc2)c1. The minimum atomic E-state index is 0.256. The standard InChI is InChI=1S/C16H18O2/c17-18-13-16-11-5-10-15(12-16)9-4-8-14-6-2-1-3-7-14/h1-3,5-7,10-12,17H,4,8-9,13H2. The van der Waals surface area contributed by atoms with E-state index < -0.39 is 0 Å². The summed E-state index contributed by atoms with van der Waals surface area (Å²) in [6.07, 6.45) is 3.28. The maximum Gasteiger partial charge on any atom is 0.107 e. The molecule has 0 aromatic heterocycles. The average molecular weight is 242 g/mol. The lowest BCUT2D eigenvalue weighted by atomic mass is 10.0. The van der Waals surface area contributed by atoms with Gasteiger partial charge in [-0.2, -0.15) is 0 Å². The van der Waals surface area contributed by atoms with E-state index in [2.05, 4.69) is 41.3 Å². The van der Waals surface area contributed by atoms with Crippen LogP contribution >= 0.6 is 0 Å². The third-order valence-corrected chi connectivity index (χ3v) is 3.00. The van der Waals surface area contributed by atoms with E-state index in [9.17, 15) is 0 Å². The summed E-state index contributed by atoms with van der Waals surface area (Å²) in [4.78, 5) is 4.16. The number of benzene rings is 2. The molecule has 0 spiro atoms. The molecule has 18 heavy (non-hydrogen) atoms. The fourth-order valence-corrected chi connectivity index (χ4v) is 2.09. The molecule has 0 aliphatic heterocycles. The molecule has 0 fully saturated rings. The smallest absolute Gasteiger partial charge is 0.107 e. The molecule has 0 bridgehead atoms. The Hall–Kier alpha value is -1.64. The van der Waals surface area contributed by atoms with Crippen LogP contribution in [0.4, 0.5) is 0 Å². The zero-order chi connectivity index (χ0) is 12.6. The number of hydrogen-bond acceptors (Lipinski definition) is 2. The molecule has 0 saturated heterocycles. The zero-order valence-corrected chi connectivity index (χ0v) is 10.4. The van der Waals surface area contributed by atoms with Crippen LogP contribution < -0.4 is 0 Å². The summed E-state index contributed by atoms with van der Waals surface area (Å²) in [7, 11) is 0. The second-order valence-corrected chi connectivity index (χ2v) is 4.43. The zero-order valence-electron chi connectivity index (χ0n) is 10.4. The Kier molecular flexibility index (Phi) is 4.94. The third-order valence-electron chi connectivity index (χ3n) is 3.00. The Morgan fingerprint density at radius 3 is 2.22 bits per heavy atom. The second-order valence-electron chi connectivity index (χ2n) is 4.43. The van der Waals surface area contributed by atoms with Gasteiger partial charge in [0, 0.05) is 0 Å². The van der Waals surface area contributed by atoms with Gasteiger partial charge in [0.1, 0.15) is 6.61 Å². The molecule has 0 radical (unpaired) electrons. The Morgan fingerprint density at radius 2 is 1.44 bits per heavy atom. The second kappa shape index (κ2) is 6.94.